The zero-order valence-corrected chi connectivity index (χ0v) is 13.4. The predicted octanol–water partition coefficient (Wildman–Crippen LogP) is 0.426. The van der Waals surface area contributed by atoms with Crippen LogP contribution in [0.3, 0.4) is 0 Å². The van der Waals surface area contributed by atoms with Crippen molar-refractivity contribution in [1.29, 1.82) is 0 Å². The molecule has 1 aliphatic heterocycles. The average molecular weight is 346 g/mol. The molecule has 0 radical (unpaired) electrons. The summed E-state index contributed by atoms with van der Waals surface area (Å²) in [5.74, 6) is -3.49. The van der Waals surface area contributed by atoms with E-state index in [0.717, 1.165) is 0 Å². The van der Waals surface area contributed by atoms with Gasteiger partial charge in [-0.3, -0.25) is 0 Å². The topological polar surface area (TPSA) is 69.2 Å². The van der Waals surface area contributed by atoms with Gasteiger partial charge in [0.05, 0.1) is 32.8 Å². The number of nitrogens with two attached hydrogens (primary N) is 1. The predicted molar refractivity (Wildman–Crippen MR) is 81.1 cm³/mol. The van der Waals surface area contributed by atoms with Crippen molar-refractivity contribution >= 4 is 11.7 Å². The molecular formula is C16H21F3N2O3. The van der Waals surface area contributed by atoms with E-state index in [0.29, 0.717) is 0 Å². The number of benzene rings is 1. The lowest BCUT2D eigenvalue weighted by Gasteiger charge is -2.27. The molecule has 2 rings (SSSR count). The Labute approximate surface area is 138 Å². The van der Waals surface area contributed by atoms with Crippen LogP contribution in [0.4, 0.5) is 18.9 Å². The molecular weight excluding hydrogens is 325 g/mol. The highest BCUT2D eigenvalue weighted by atomic mass is 19.4. The fourth-order valence-electron chi connectivity index (χ4n) is 2.02. The standard InChI is InChI=1S/C10H14N2.C6H7F3O3/c1-2-4-10(5-3-1)12-8-6-11-7-9-12;1-2-12-5(11)3-4(10)6(7,8)9/h1-5,11H,6-9H2;3,10H,2H2,1H3. The van der Waals surface area contributed by atoms with Crippen molar-refractivity contribution in [2.75, 3.05) is 37.7 Å². The van der Waals surface area contributed by atoms with Crippen molar-refractivity contribution in [3.63, 3.8) is 0 Å². The molecule has 5 nitrogen and oxygen atoms in total. The lowest BCUT2D eigenvalue weighted by molar-refractivity contribution is -0.655. The summed E-state index contributed by atoms with van der Waals surface area (Å²) in [6, 6.07) is 10.7. The maximum Gasteiger partial charge on any atom is 0.402 e. The molecule has 1 aromatic rings. The van der Waals surface area contributed by atoms with Gasteiger partial charge in [0, 0.05) is 11.8 Å². The second kappa shape index (κ2) is 9.82. The third-order valence-electron chi connectivity index (χ3n) is 3.14. The Bertz CT molecular complexity index is 527. The lowest BCUT2D eigenvalue weighted by atomic mass is 10.2. The molecule has 1 aromatic carbocycles. The highest BCUT2D eigenvalue weighted by molar-refractivity contribution is 5.82. The maximum absolute atomic E-state index is 11.5. The van der Waals surface area contributed by atoms with E-state index >= 15 is 0 Å². The smallest absolute Gasteiger partial charge is 0.402 e. The van der Waals surface area contributed by atoms with E-state index < -0.39 is 17.9 Å². The molecule has 0 aliphatic carbocycles. The van der Waals surface area contributed by atoms with Gasteiger partial charge in [0.2, 0.25) is 0 Å². The number of piperazine rings is 1. The molecule has 0 unspecified atom stereocenters. The summed E-state index contributed by atoms with van der Waals surface area (Å²) in [6.45, 7) is 6.18. The zero-order chi connectivity index (χ0) is 18.0. The molecule has 0 amide bonds. The van der Waals surface area contributed by atoms with Gasteiger partial charge in [-0.25, -0.2) is 4.79 Å². The van der Waals surface area contributed by atoms with E-state index in [1.807, 2.05) is 0 Å². The van der Waals surface area contributed by atoms with E-state index in [1.165, 1.54) is 38.8 Å². The summed E-state index contributed by atoms with van der Waals surface area (Å²) >= 11 is 0. The van der Waals surface area contributed by atoms with Crippen LogP contribution < -0.4 is 15.3 Å². The number of nitrogens with zero attached hydrogens (tertiary/aromatic N) is 1. The number of anilines is 1. The number of hydrogen-bond acceptors (Lipinski definition) is 4. The monoisotopic (exact) mass is 346 g/mol. The van der Waals surface area contributed by atoms with Crippen LogP contribution >= 0.6 is 0 Å². The van der Waals surface area contributed by atoms with Crippen LogP contribution in [0.15, 0.2) is 42.2 Å². The van der Waals surface area contributed by atoms with Gasteiger partial charge >= 0.3 is 12.1 Å². The molecule has 0 aromatic heterocycles. The van der Waals surface area contributed by atoms with E-state index in [-0.39, 0.29) is 12.7 Å². The molecule has 1 aliphatic rings. The Morgan fingerprint density at radius 3 is 2.38 bits per heavy atom. The number of esters is 1. The molecule has 8 heteroatoms. The molecule has 0 saturated carbocycles. The number of para-hydroxylation sites is 1. The molecule has 1 fully saturated rings. The Morgan fingerprint density at radius 2 is 1.88 bits per heavy atom. The Morgan fingerprint density at radius 1 is 1.29 bits per heavy atom. The number of rotatable bonds is 3. The maximum atomic E-state index is 11.5. The molecule has 0 bridgehead atoms. The number of carbonyl (C=O) groups is 1. The molecule has 1 saturated heterocycles. The summed E-state index contributed by atoms with van der Waals surface area (Å²) in [4.78, 5) is 12.7. The number of halogens is 3. The zero-order valence-electron chi connectivity index (χ0n) is 13.4. The first-order valence-electron chi connectivity index (χ1n) is 7.59. The van der Waals surface area contributed by atoms with E-state index in [2.05, 4.69) is 45.3 Å². The highest BCUT2D eigenvalue weighted by Crippen LogP contribution is 2.20. The van der Waals surface area contributed by atoms with Gasteiger partial charge in [0.15, 0.2) is 0 Å². The first-order chi connectivity index (χ1) is 11.3. The summed E-state index contributed by atoms with van der Waals surface area (Å²) in [5, 5.41) is 12.4. The fraction of sp³-hybridized carbons (Fsp3) is 0.438. The van der Waals surface area contributed by atoms with Crippen LogP contribution in [0.1, 0.15) is 6.92 Å². The molecule has 2 N–H and O–H groups in total. The summed E-state index contributed by atoms with van der Waals surface area (Å²) in [5.41, 5.74) is 1.37. The minimum atomic E-state index is -5.01. The van der Waals surface area contributed by atoms with Gasteiger partial charge in [-0.2, -0.15) is 13.2 Å². The lowest BCUT2D eigenvalue weighted by Crippen LogP contribution is -2.89. The molecule has 134 valence electrons. The van der Waals surface area contributed by atoms with Crippen LogP contribution in [0.25, 0.3) is 0 Å². The minimum absolute atomic E-state index is 0.0690. The van der Waals surface area contributed by atoms with Gasteiger partial charge in [0.1, 0.15) is 0 Å². The Kier molecular flexibility index (Phi) is 8.11. The largest absolute Gasteiger partial charge is 0.869 e. The summed E-state index contributed by atoms with van der Waals surface area (Å²) < 4.78 is 38.5. The average Bonchev–Trinajstić information content (AvgIpc) is 2.56. The van der Waals surface area contributed by atoms with Crippen LogP contribution in [-0.2, 0) is 9.53 Å². The number of quaternary nitrogens is 1. The van der Waals surface area contributed by atoms with Crippen LogP contribution in [0.2, 0.25) is 0 Å². The van der Waals surface area contributed by atoms with Crippen molar-refractivity contribution in [1.82, 2.24) is 0 Å². The Hall–Kier alpha value is -2.22. The SMILES string of the molecule is CCOC(=O)C=C([O-])C(F)(F)F.c1ccc(N2CC[NH2+]CC2)cc1. The van der Waals surface area contributed by atoms with Crippen molar-refractivity contribution in [3.8, 4) is 0 Å². The Balaban J connectivity index is 0.000000240. The fourth-order valence-corrected chi connectivity index (χ4v) is 2.02. The summed E-state index contributed by atoms with van der Waals surface area (Å²) in [7, 11) is 0. The van der Waals surface area contributed by atoms with Crippen molar-refractivity contribution in [2.45, 2.75) is 13.1 Å². The number of carbonyl (C=O) groups excluding carboxylic acids is 1. The van der Waals surface area contributed by atoms with Gasteiger partial charge in [-0.15, -0.1) is 0 Å². The molecule has 24 heavy (non-hydrogen) atoms. The highest BCUT2D eigenvalue weighted by Gasteiger charge is 2.26. The minimum Gasteiger partial charge on any atom is -0.869 e. The van der Waals surface area contributed by atoms with Crippen molar-refractivity contribution < 1.29 is 33.1 Å². The van der Waals surface area contributed by atoms with E-state index in [1.54, 1.807) is 0 Å². The van der Waals surface area contributed by atoms with Gasteiger partial charge in [-0.05, 0) is 24.8 Å². The van der Waals surface area contributed by atoms with Crippen molar-refractivity contribution in [2.24, 2.45) is 0 Å². The number of alkyl halides is 3. The van der Waals surface area contributed by atoms with Gasteiger partial charge in [-0.1, -0.05) is 18.2 Å². The quantitative estimate of drug-likeness (QED) is 0.489. The normalized spacial score (nSPS) is 15.3. The van der Waals surface area contributed by atoms with Crippen molar-refractivity contribution in [3.05, 3.63) is 42.2 Å². The van der Waals surface area contributed by atoms with Crippen LogP contribution in [0, 0.1) is 0 Å². The first kappa shape index (κ1) is 19.8. The van der Waals surface area contributed by atoms with Gasteiger partial charge < -0.3 is 20.1 Å². The van der Waals surface area contributed by atoms with E-state index in [4.69, 9.17) is 0 Å². The first-order valence-corrected chi connectivity index (χ1v) is 7.59. The summed E-state index contributed by atoms with van der Waals surface area (Å²) in [6.07, 6.45) is -5.13. The third-order valence-corrected chi connectivity index (χ3v) is 3.14. The number of ether oxygens (including phenoxy) is 1. The second-order valence-corrected chi connectivity index (χ2v) is 4.95. The molecule has 0 atom stereocenters. The van der Waals surface area contributed by atoms with Crippen LogP contribution in [-0.4, -0.2) is 44.9 Å². The van der Waals surface area contributed by atoms with Crippen LogP contribution in [0.5, 0.6) is 0 Å². The molecule has 1 heterocycles. The second-order valence-electron chi connectivity index (χ2n) is 4.95. The number of hydrogen-bond donors (Lipinski definition) is 1. The van der Waals surface area contributed by atoms with E-state index in [9.17, 15) is 23.1 Å². The number of allylic oxidation sites excluding steroid dienone is 1. The molecule has 0 spiro atoms. The van der Waals surface area contributed by atoms with Gasteiger partial charge in [0.25, 0.3) is 0 Å². The third kappa shape index (κ3) is 7.36.